The summed E-state index contributed by atoms with van der Waals surface area (Å²) in [6, 6.07) is 7.10. The number of rotatable bonds is 10. The van der Waals surface area contributed by atoms with Crippen LogP contribution in [-0.4, -0.2) is 42.8 Å². The third kappa shape index (κ3) is 7.15. The molecule has 1 amide bonds. The van der Waals surface area contributed by atoms with Gasteiger partial charge in [0.2, 0.25) is 0 Å². The Morgan fingerprint density at radius 3 is 2.43 bits per heavy atom. The second kappa shape index (κ2) is 9.84. The third-order valence-corrected chi connectivity index (χ3v) is 3.40. The van der Waals surface area contributed by atoms with Crippen molar-refractivity contribution in [2.75, 3.05) is 13.7 Å². The van der Waals surface area contributed by atoms with Gasteiger partial charge in [-0.25, -0.2) is 4.79 Å². The van der Waals surface area contributed by atoms with E-state index in [2.05, 4.69) is 12.2 Å². The predicted octanol–water partition coefficient (Wildman–Crippen LogP) is 2.01. The van der Waals surface area contributed by atoms with Crippen LogP contribution >= 0.6 is 0 Å². The van der Waals surface area contributed by atoms with Crippen molar-refractivity contribution in [1.29, 1.82) is 0 Å². The number of amides is 1. The summed E-state index contributed by atoms with van der Waals surface area (Å²) in [5.41, 5.74) is 0.826. The molecule has 0 bridgehead atoms. The van der Waals surface area contributed by atoms with Gasteiger partial charge in [0.1, 0.15) is 5.75 Å². The Morgan fingerprint density at radius 2 is 1.91 bits per heavy atom. The first kappa shape index (κ1) is 19.0. The standard InChI is InChI=1S/C17H25NO5/c1-4-5-12(2)18-16(19)11-23-14-8-6-13(7-9-14)10-15(22-3)17(20)21/h6-9,12,15H,4-5,10-11H2,1-3H3,(H,18,19)(H,20,21)/t12?,15-/m0/s1. The average Bonchev–Trinajstić information content (AvgIpc) is 2.51. The zero-order valence-corrected chi connectivity index (χ0v) is 13.9. The van der Waals surface area contributed by atoms with E-state index in [-0.39, 0.29) is 25.0 Å². The molecule has 1 unspecified atom stereocenters. The summed E-state index contributed by atoms with van der Waals surface area (Å²) in [4.78, 5) is 22.6. The molecule has 6 nitrogen and oxygen atoms in total. The maximum atomic E-state index is 11.7. The van der Waals surface area contributed by atoms with Gasteiger partial charge in [0, 0.05) is 19.6 Å². The first-order valence-electron chi connectivity index (χ1n) is 7.73. The summed E-state index contributed by atoms with van der Waals surface area (Å²) >= 11 is 0. The minimum Gasteiger partial charge on any atom is -0.484 e. The monoisotopic (exact) mass is 323 g/mol. The molecule has 0 radical (unpaired) electrons. The molecule has 1 aromatic carbocycles. The van der Waals surface area contributed by atoms with Gasteiger partial charge in [-0.1, -0.05) is 25.5 Å². The summed E-state index contributed by atoms with van der Waals surface area (Å²) < 4.78 is 10.3. The SMILES string of the molecule is CCCC(C)NC(=O)COc1ccc(C[C@H](OC)C(=O)O)cc1. The minimum atomic E-state index is -0.995. The van der Waals surface area contributed by atoms with Crippen LogP contribution in [-0.2, 0) is 20.7 Å². The number of benzene rings is 1. The third-order valence-electron chi connectivity index (χ3n) is 3.40. The largest absolute Gasteiger partial charge is 0.484 e. The molecule has 0 saturated heterocycles. The van der Waals surface area contributed by atoms with Crippen LogP contribution in [0.25, 0.3) is 0 Å². The van der Waals surface area contributed by atoms with Crippen LogP contribution in [0.2, 0.25) is 0 Å². The van der Waals surface area contributed by atoms with E-state index < -0.39 is 12.1 Å². The highest BCUT2D eigenvalue weighted by atomic mass is 16.5. The molecule has 2 N–H and O–H groups in total. The first-order chi connectivity index (χ1) is 11.0. The summed E-state index contributed by atoms with van der Waals surface area (Å²) in [5.74, 6) is -0.581. The molecule has 128 valence electrons. The van der Waals surface area contributed by atoms with E-state index in [1.54, 1.807) is 24.3 Å². The van der Waals surface area contributed by atoms with Crippen molar-refractivity contribution in [2.24, 2.45) is 0 Å². The molecule has 0 heterocycles. The topological polar surface area (TPSA) is 84.9 Å². The van der Waals surface area contributed by atoms with Crippen LogP contribution < -0.4 is 10.1 Å². The molecule has 0 aliphatic heterocycles. The van der Waals surface area contributed by atoms with Gasteiger partial charge in [-0.2, -0.15) is 0 Å². The van der Waals surface area contributed by atoms with Gasteiger partial charge in [-0.05, 0) is 31.0 Å². The van der Waals surface area contributed by atoms with E-state index in [1.165, 1.54) is 7.11 Å². The van der Waals surface area contributed by atoms with E-state index in [1.807, 2.05) is 6.92 Å². The highest BCUT2D eigenvalue weighted by Crippen LogP contribution is 2.14. The number of nitrogens with one attached hydrogen (secondary N) is 1. The number of hydrogen-bond donors (Lipinski definition) is 2. The number of carbonyl (C=O) groups excluding carboxylic acids is 1. The van der Waals surface area contributed by atoms with E-state index in [0.717, 1.165) is 18.4 Å². The highest BCUT2D eigenvalue weighted by molar-refractivity contribution is 5.77. The minimum absolute atomic E-state index is 0.0385. The number of carbonyl (C=O) groups is 2. The second-order valence-electron chi connectivity index (χ2n) is 5.46. The van der Waals surface area contributed by atoms with Gasteiger partial charge >= 0.3 is 5.97 Å². The van der Waals surface area contributed by atoms with Gasteiger partial charge in [-0.15, -0.1) is 0 Å². The molecule has 0 fully saturated rings. The number of hydrogen-bond acceptors (Lipinski definition) is 4. The lowest BCUT2D eigenvalue weighted by Crippen LogP contribution is -2.35. The van der Waals surface area contributed by atoms with Crippen molar-refractivity contribution < 1.29 is 24.2 Å². The first-order valence-corrected chi connectivity index (χ1v) is 7.73. The van der Waals surface area contributed by atoms with Crippen molar-refractivity contribution >= 4 is 11.9 Å². The summed E-state index contributed by atoms with van der Waals surface area (Å²) in [6.07, 6.45) is 1.36. The summed E-state index contributed by atoms with van der Waals surface area (Å²) in [7, 11) is 1.37. The molecule has 0 aliphatic carbocycles. The fourth-order valence-corrected chi connectivity index (χ4v) is 2.18. The Balaban J connectivity index is 2.45. The van der Waals surface area contributed by atoms with Gasteiger partial charge in [0.15, 0.2) is 12.7 Å². The second-order valence-corrected chi connectivity index (χ2v) is 5.46. The van der Waals surface area contributed by atoms with Gasteiger partial charge in [0.05, 0.1) is 0 Å². The smallest absolute Gasteiger partial charge is 0.333 e. The Morgan fingerprint density at radius 1 is 1.26 bits per heavy atom. The van der Waals surface area contributed by atoms with Crippen LogP contribution in [0.15, 0.2) is 24.3 Å². The zero-order chi connectivity index (χ0) is 17.2. The van der Waals surface area contributed by atoms with E-state index in [9.17, 15) is 9.59 Å². The number of methoxy groups -OCH3 is 1. The summed E-state index contributed by atoms with van der Waals surface area (Å²) in [6.45, 7) is 3.99. The van der Waals surface area contributed by atoms with Crippen LogP contribution in [0.3, 0.4) is 0 Å². The van der Waals surface area contributed by atoms with Crippen molar-refractivity contribution in [3.05, 3.63) is 29.8 Å². The zero-order valence-electron chi connectivity index (χ0n) is 13.9. The Labute approximate surface area is 136 Å². The van der Waals surface area contributed by atoms with Gasteiger partial charge in [0.25, 0.3) is 5.91 Å². The number of ether oxygens (including phenoxy) is 2. The fourth-order valence-electron chi connectivity index (χ4n) is 2.18. The van der Waals surface area contributed by atoms with Crippen LogP contribution in [0.1, 0.15) is 32.3 Å². The fraction of sp³-hybridized carbons (Fsp3) is 0.529. The Bertz CT molecular complexity index is 500. The molecule has 2 atom stereocenters. The maximum Gasteiger partial charge on any atom is 0.333 e. The van der Waals surface area contributed by atoms with Gasteiger partial charge < -0.3 is 19.9 Å². The number of carboxylic acids is 1. The summed E-state index contributed by atoms with van der Waals surface area (Å²) in [5, 5.41) is 11.8. The molecule has 0 saturated carbocycles. The predicted molar refractivity (Wildman–Crippen MR) is 86.6 cm³/mol. The van der Waals surface area contributed by atoms with Crippen LogP contribution in [0.5, 0.6) is 5.75 Å². The maximum absolute atomic E-state index is 11.7. The van der Waals surface area contributed by atoms with E-state index in [4.69, 9.17) is 14.6 Å². The molecular formula is C17H25NO5. The molecule has 1 aromatic rings. The van der Waals surface area contributed by atoms with E-state index >= 15 is 0 Å². The Kier molecular flexibility index (Phi) is 8.11. The highest BCUT2D eigenvalue weighted by Gasteiger charge is 2.16. The Hall–Kier alpha value is -2.08. The normalized spacial score (nSPS) is 13.2. The lowest BCUT2D eigenvalue weighted by Gasteiger charge is -2.13. The van der Waals surface area contributed by atoms with Gasteiger partial charge in [-0.3, -0.25) is 4.79 Å². The lowest BCUT2D eigenvalue weighted by atomic mass is 10.1. The molecule has 1 rings (SSSR count). The number of aliphatic carboxylic acids is 1. The number of carboxylic acid groups (broad SMARTS) is 1. The van der Waals surface area contributed by atoms with E-state index in [0.29, 0.717) is 5.75 Å². The average molecular weight is 323 g/mol. The molecule has 0 aliphatic rings. The van der Waals surface area contributed by atoms with Crippen molar-refractivity contribution in [3.63, 3.8) is 0 Å². The lowest BCUT2D eigenvalue weighted by molar-refractivity contribution is -0.148. The van der Waals surface area contributed by atoms with Crippen molar-refractivity contribution in [3.8, 4) is 5.75 Å². The van der Waals surface area contributed by atoms with Crippen molar-refractivity contribution in [1.82, 2.24) is 5.32 Å². The molecule has 23 heavy (non-hydrogen) atoms. The van der Waals surface area contributed by atoms with Crippen LogP contribution in [0.4, 0.5) is 0 Å². The van der Waals surface area contributed by atoms with Crippen molar-refractivity contribution in [2.45, 2.75) is 45.3 Å². The molecular weight excluding hydrogens is 298 g/mol. The van der Waals surface area contributed by atoms with Crippen LogP contribution in [0, 0.1) is 0 Å². The molecule has 0 spiro atoms. The quantitative estimate of drug-likeness (QED) is 0.688. The molecule has 0 aromatic heterocycles. The molecule has 6 heteroatoms.